The summed E-state index contributed by atoms with van der Waals surface area (Å²) in [5.74, 6) is 1.49. The minimum absolute atomic E-state index is 0.111. The molecule has 1 amide bonds. The van der Waals surface area contributed by atoms with Gasteiger partial charge < -0.3 is 14.6 Å². The smallest absolute Gasteiger partial charge is 0.251 e. The van der Waals surface area contributed by atoms with Gasteiger partial charge in [0.2, 0.25) is 0 Å². The monoisotopic (exact) mass is 299 g/mol. The Balaban J connectivity index is 1.69. The number of hydrogen-bond acceptors (Lipinski definition) is 3. The SMILES string of the molecule is COc1cccc(C(=O)NCc2nc3c(n2C)CCCC3)c1. The molecule has 0 aliphatic heterocycles. The number of carbonyl (C=O) groups excluding carboxylic acids is 1. The van der Waals surface area contributed by atoms with Crippen molar-refractivity contribution in [1.82, 2.24) is 14.9 Å². The molecule has 2 aromatic rings. The second kappa shape index (κ2) is 6.22. The number of nitrogens with one attached hydrogen (secondary N) is 1. The number of hydrogen-bond donors (Lipinski definition) is 1. The van der Waals surface area contributed by atoms with E-state index in [4.69, 9.17) is 4.74 Å². The third-order valence-corrected chi connectivity index (χ3v) is 4.21. The standard InChI is InChI=1S/C17H21N3O2/c1-20-15-9-4-3-8-14(15)19-16(20)11-18-17(21)12-6-5-7-13(10-12)22-2/h5-7,10H,3-4,8-9,11H2,1-2H3,(H,18,21). The van der Waals surface area contributed by atoms with Crippen LogP contribution in [0.15, 0.2) is 24.3 Å². The molecule has 0 fully saturated rings. The Morgan fingerprint density at radius 1 is 1.36 bits per heavy atom. The number of aryl methyl sites for hydroxylation is 1. The van der Waals surface area contributed by atoms with Gasteiger partial charge in [-0.05, 0) is 43.9 Å². The van der Waals surface area contributed by atoms with Crippen molar-refractivity contribution in [2.75, 3.05) is 7.11 Å². The lowest BCUT2D eigenvalue weighted by molar-refractivity contribution is 0.0949. The van der Waals surface area contributed by atoms with Gasteiger partial charge in [-0.3, -0.25) is 4.79 Å². The van der Waals surface area contributed by atoms with Crippen molar-refractivity contribution in [3.05, 3.63) is 47.0 Å². The third kappa shape index (κ3) is 2.84. The lowest BCUT2D eigenvalue weighted by Crippen LogP contribution is -2.24. The van der Waals surface area contributed by atoms with Gasteiger partial charge in [-0.25, -0.2) is 4.98 Å². The summed E-state index contributed by atoms with van der Waals surface area (Å²) >= 11 is 0. The van der Waals surface area contributed by atoms with E-state index in [0.717, 1.165) is 18.7 Å². The van der Waals surface area contributed by atoms with Crippen LogP contribution in [0.25, 0.3) is 0 Å². The first kappa shape index (κ1) is 14.6. The molecule has 0 spiro atoms. The van der Waals surface area contributed by atoms with Gasteiger partial charge in [-0.1, -0.05) is 6.07 Å². The molecule has 3 rings (SSSR count). The van der Waals surface area contributed by atoms with Crippen LogP contribution in [-0.4, -0.2) is 22.6 Å². The second-order valence-corrected chi connectivity index (χ2v) is 5.60. The number of fused-ring (bicyclic) bond motifs is 1. The maximum Gasteiger partial charge on any atom is 0.251 e. The molecule has 0 bridgehead atoms. The van der Waals surface area contributed by atoms with Gasteiger partial charge in [-0.2, -0.15) is 0 Å². The molecule has 0 saturated heterocycles. The maximum atomic E-state index is 12.2. The van der Waals surface area contributed by atoms with E-state index in [-0.39, 0.29) is 5.91 Å². The molecule has 1 aliphatic carbocycles. The Morgan fingerprint density at radius 2 is 2.18 bits per heavy atom. The van der Waals surface area contributed by atoms with Crippen LogP contribution < -0.4 is 10.1 Å². The van der Waals surface area contributed by atoms with E-state index in [2.05, 4.69) is 14.9 Å². The Labute approximate surface area is 130 Å². The number of rotatable bonds is 4. The first-order valence-electron chi connectivity index (χ1n) is 7.64. The number of nitrogens with zero attached hydrogens (tertiary/aromatic N) is 2. The predicted molar refractivity (Wildman–Crippen MR) is 84.0 cm³/mol. The predicted octanol–water partition coefficient (Wildman–Crippen LogP) is 2.24. The number of carbonyl (C=O) groups is 1. The van der Waals surface area contributed by atoms with E-state index in [0.29, 0.717) is 17.9 Å². The highest BCUT2D eigenvalue weighted by Gasteiger charge is 2.18. The van der Waals surface area contributed by atoms with Crippen LogP contribution in [-0.2, 0) is 26.4 Å². The number of amides is 1. The van der Waals surface area contributed by atoms with E-state index in [1.807, 2.05) is 19.2 Å². The molecular weight excluding hydrogens is 278 g/mol. The molecule has 0 saturated carbocycles. The fraction of sp³-hybridized carbons (Fsp3) is 0.412. The van der Waals surface area contributed by atoms with E-state index in [9.17, 15) is 4.79 Å². The largest absolute Gasteiger partial charge is 0.497 e. The van der Waals surface area contributed by atoms with Crippen molar-refractivity contribution >= 4 is 5.91 Å². The van der Waals surface area contributed by atoms with Gasteiger partial charge in [0, 0.05) is 18.3 Å². The topological polar surface area (TPSA) is 56.1 Å². The molecular formula is C17H21N3O2. The van der Waals surface area contributed by atoms with Crippen LogP contribution in [0.2, 0.25) is 0 Å². The van der Waals surface area contributed by atoms with Gasteiger partial charge in [0.15, 0.2) is 0 Å². The Morgan fingerprint density at radius 3 is 2.95 bits per heavy atom. The zero-order valence-electron chi connectivity index (χ0n) is 13.1. The van der Waals surface area contributed by atoms with Crippen LogP contribution in [0.5, 0.6) is 5.75 Å². The average molecular weight is 299 g/mol. The zero-order chi connectivity index (χ0) is 15.5. The van der Waals surface area contributed by atoms with Crippen molar-refractivity contribution < 1.29 is 9.53 Å². The van der Waals surface area contributed by atoms with Gasteiger partial charge in [-0.15, -0.1) is 0 Å². The van der Waals surface area contributed by atoms with Crippen LogP contribution in [0.1, 0.15) is 40.4 Å². The molecule has 1 aromatic heterocycles. The molecule has 0 atom stereocenters. The fourth-order valence-electron chi connectivity index (χ4n) is 2.93. The van der Waals surface area contributed by atoms with E-state index < -0.39 is 0 Å². The van der Waals surface area contributed by atoms with E-state index in [1.165, 1.54) is 24.2 Å². The molecule has 22 heavy (non-hydrogen) atoms. The van der Waals surface area contributed by atoms with Crippen molar-refractivity contribution in [3.8, 4) is 5.75 Å². The van der Waals surface area contributed by atoms with E-state index >= 15 is 0 Å². The Kier molecular flexibility index (Phi) is 4.13. The fourth-order valence-corrected chi connectivity index (χ4v) is 2.93. The minimum Gasteiger partial charge on any atom is -0.497 e. The van der Waals surface area contributed by atoms with Gasteiger partial charge in [0.05, 0.1) is 19.3 Å². The van der Waals surface area contributed by atoms with Gasteiger partial charge in [0.1, 0.15) is 11.6 Å². The maximum absolute atomic E-state index is 12.2. The third-order valence-electron chi connectivity index (χ3n) is 4.21. The molecule has 1 aromatic carbocycles. The van der Waals surface area contributed by atoms with Gasteiger partial charge in [0.25, 0.3) is 5.91 Å². The molecule has 1 heterocycles. The van der Waals surface area contributed by atoms with Gasteiger partial charge >= 0.3 is 0 Å². The lowest BCUT2D eigenvalue weighted by atomic mass is 10.0. The number of benzene rings is 1. The summed E-state index contributed by atoms with van der Waals surface area (Å²) < 4.78 is 7.27. The molecule has 5 heteroatoms. The van der Waals surface area contributed by atoms with E-state index in [1.54, 1.807) is 19.2 Å². The number of methoxy groups -OCH3 is 1. The Bertz CT molecular complexity index is 691. The second-order valence-electron chi connectivity index (χ2n) is 5.60. The van der Waals surface area contributed by atoms with Crippen LogP contribution >= 0.6 is 0 Å². The number of imidazole rings is 1. The molecule has 116 valence electrons. The Hall–Kier alpha value is -2.30. The summed E-state index contributed by atoms with van der Waals surface area (Å²) in [5.41, 5.74) is 3.11. The highest BCUT2D eigenvalue weighted by Crippen LogP contribution is 2.21. The highest BCUT2D eigenvalue weighted by atomic mass is 16.5. The highest BCUT2D eigenvalue weighted by molar-refractivity contribution is 5.94. The first-order valence-corrected chi connectivity index (χ1v) is 7.64. The van der Waals surface area contributed by atoms with Crippen molar-refractivity contribution in [2.24, 2.45) is 7.05 Å². The quantitative estimate of drug-likeness (QED) is 0.942. The van der Waals surface area contributed by atoms with Crippen molar-refractivity contribution in [2.45, 2.75) is 32.2 Å². The van der Waals surface area contributed by atoms with Crippen LogP contribution in [0.4, 0.5) is 0 Å². The summed E-state index contributed by atoms with van der Waals surface area (Å²) in [6, 6.07) is 7.15. The molecule has 0 radical (unpaired) electrons. The summed E-state index contributed by atoms with van der Waals surface area (Å²) in [6.07, 6.45) is 4.57. The molecule has 0 unspecified atom stereocenters. The van der Waals surface area contributed by atoms with Crippen molar-refractivity contribution in [1.29, 1.82) is 0 Å². The van der Waals surface area contributed by atoms with Crippen LogP contribution in [0.3, 0.4) is 0 Å². The van der Waals surface area contributed by atoms with Crippen LogP contribution in [0, 0.1) is 0 Å². The summed E-state index contributed by atoms with van der Waals surface area (Å²) in [5, 5.41) is 2.94. The normalized spacial score (nSPS) is 13.5. The minimum atomic E-state index is -0.111. The summed E-state index contributed by atoms with van der Waals surface area (Å²) in [7, 11) is 3.62. The lowest BCUT2D eigenvalue weighted by Gasteiger charge is -2.11. The summed E-state index contributed by atoms with van der Waals surface area (Å²) in [4.78, 5) is 16.9. The number of aromatic nitrogens is 2. The number of ether oxygens (including phenoxy) is 1. The molecule has 1 N–H and O–H groups in total. The first-order chi connectivity index (χ1) is 10.7. The molecule has 1 aliphatic rings. The molecule has 5 nitrogen and oxygen atoms in total. The zero-order valence-corrected chi connectivity index (χ0v) is 13.1. The summed E-state index contributed by atoms with van der Waals surface area (Å²) in [6.45, 7) is 0.444. The average Bonchev–Trinajstić information content (AvgIpc) is 2.89. The van der Waals surface area contributed by atoms with Crippen molar-refractivity contribution in [3.63, 3.8) is 0 Å².